The third-order valence-corrected chi connectivity index (χ3v) is 4.55. The first-order chi connectivity index (χ1) is 9.72. The molecule has 1 aromatic heterocycles. The standard InChI is InChI=1S/C15H10BNO2S/c18-16(19)15-17-13-8-12-10(7-14(13)20-15)6-5-9-3-1-2-4-11(9)12/h1-8,18-19H. The molecule has 0 spiro atoms. The third kappa shape index (κ3) is 1.72. The second-order valence-corrected chi connectivity index (χ2v) is 5.82. The van der Waals surface area contributed by atoms with E-state index in [2.05, 4.69) is 35.3 Å². The van der Waals surface area contributed by atoms with Crippen molar-refractivity contribution >= 4 is 55.1 Å². The van der Waals surface area contributed by atoms with Crippen molar-refractivity contribution in [1.82, 2.24) is 4.98 Å². The minimum absolute atomic E-state index is 0.333. The molecular weight excluding hydrogens is 269 g/mol. The summed E-state index contributed by atoms with van der Waals surface area (Å²) in [7, 11) is -1.51. The van der Waals surface area contributed by atoms with Gasteiger partial charge in [-0.3, -0.25) is 0 Å². The van der Waals surface area contributed by atoms with Crippen molar-refractivity contribution in [3.05, 3.63) is 48.5 Å². The van der Waals surface area contributed by atoms with E-state index >= 15 is 0 Å². The molecule has 0 saturated carbocycles. The van der Waals surface area contributed by atoms with Gasteiger partial charge in [0.2, 0.25) is 0 Å². The Kier molecular flexibility index (Phi) is 2.53. The summed E-state index contributed by atoms with van der Waals surface area (Å²) in [5, 5.41) is 23.1. The van der Waals surface area contributed by atoms with Crippen LogP contribution in [0.25, 0.3) is 31.8 Å². The van der Waals surface area contributed by atoms with E-state index < -0.39 is 7.12 Å². The van der Waals surface area contributed by atoms with Gasteiger partial charge in [-0.2, -0.15) is 0 Å². The number of hydrogen-bond acceptors (Lipinski definition) is 4. The zero-order valence-corrected chi connectivity index (χ0v) is 11.3. The predicted molar refractivity (Wildman–Crippen MR) is 84.5 cm³/mol. The molecule has 3 nitrogen and oxygen atoms in total. The van der Waals surface area contributed by atoms with E-state index in [1.807, 2.05) is 18.2 Å². The monoisotopic (exact) mass is 279 g/mol. The number of hydrogen-bond donors (Lipinski definition) is 2. The quantitative estimate of drug-likeness (QED) is 0.415. The van der Waals surface area contributed by atoms with Gasteiger partial charge in [-0.05, 0) is 33.7 Å². The lowest BCUT2D eigenvalue weighted by atomic mass is 9.94. The molecule has 0 atom stereocenters. The number of benzene rings is 3. The van der Waals surface area contributed by atoms with Crippen LogP contribution in [0.1, 0.15) is 0 Å². The average molecular weight is 279 g/mol. The van der Waals surface area contributed by atoms with Crippen LogP contribution in [0.2, 0.25) is 0 Å². The molecule has 96 valence electrons. The molecule has 3 aromatic carbocycles. The fourth-order valence-corrected chi connectivity index (χ4v) is 3.43. The summed E-state index contributed by atoms with van der Waals surface area (Å²) < 4.78 is 0.968. The van der Waals surface area contributed by atoms with Crippen molar-refractivity contribution in [2.24, 2.45) is 0 Å². The molecule has 0 aliphatic heterocycles. The van der Waals surface area contributed by atoms with E-state index in [9.17, 15) is 10.0 Å². The summed E-state index contributed by atoms with van der Waals surface area (Å²) >= 11 is 1.31. The normalized spacial score (nSPS) is 11.5. The topological polar surface area (TPSA) is 53.4 Å². The van der Waals surface area contributed by atoms with Crippen LogP contribution >= 0.6 is 11.3 Å². The zero-order valence-electron chi connectivity index (χ0n) is 10.4. The molecule has 0 bridgehead atoms. The summed E-state index contributed by atoms with van der Waals surface area (Å²) in [4.78, 5) is 4.62. The minimum atomic E-state index is -1.51. The van der Waals surface area contributed by atoms with E-state index in [-0.39, 0.29) is 0 Å². The highest BCUT2D eigenvalue weighted by atomic mass is 32.1. The predicted octanol–water partition coefficient (Wildman–Crippen LogP) is 2.28. The van der Waals surface area contributed by atoms with E-state index in [1.54, 1.807) is 0 Å². The molecule has 0 radical (unpaired) electrons. The molecule has 0 aliphatic rings. The van der Waals surface area contributed by atoms with Crippen LogP contribution < -0.4 is 4.91 Å². The summed E-state index contributed by atoms with van der Waals surface area (Å²) in [5.41, 5.74) is 0.807. The summed E-state index contributed by atoms with van der Waals surface area (Å²) in [6, 6.07) is 16.5. The third-order valence-electron chi connectivity index (χ3n) is 3.49. The highest BCUT2D eigenvalue weighted by Crippen LogP contribution is 2.29. The average Bonchev–Trinajstić information content (AvgIpc) is 2.88. The van der Waals surface area contributed by atoms with Gasteiger partial charge in [0, 0.05) is 0 Å². The van der Waals surface area contributed by atoms with Crippen LogP contribution in [0.4, 0.5) is 0 Å². The Morgan fingerprint density at radius 2 is 1.70 bits per heavy atom. The highest BCUT2D eigenvalue weighted by Gasteiger charge is 2.17. The summed E-state index contributed by atoms with van der Waals surface area (Å²) in [6.45, 7) is 0. The van der Waals surface area contributed by atoms with Crippen molar-refractivity contribution in [2.75, 3.05) is 0 Å². The van der Waals surface area contributed by atoms with Gasteiger partial charge in [0.15, 0.2) is 0 Å². The van der Waals surface area contributed by atoms with Gasteiger partial charge in [0.05, 0.1) is 10.2 Å². The van der Waals surface area contributed by atoms with Crippen molar-refractivity contribution in [3.63, 3.8) is 0 Å². The van der Waals surface area contributed by atoms with Crippen LogP contribution in [0.5, 0.6) is 0 Å². The van der Waals surface area contributed by atoms with Crippen LogP contribution in [0.3, 0.4) is 0 Å². The van der Waals surface area contributed by atoms with Gasteiger partial charge in [-0.1, -0.05) is 36.4 Å². The maximum Gasteiger partial charge on any atom is 0.519 e. The Balaban J connectivity index is 2.13. The molecule has 20 heavy (non-hydrogen) atoms. The van der Waals surface area contributed by atoms with Gasteiger partial charge in [0.25, 0.3) is 0 Å². The molecule has 1 heterocycles. The van der Waals surface area contributed by atoms with Crippen molar-refractivity contribution < 1.29 is 10.0 Å². The maximum absolute atomic E-state index is 9.24. The second kappa shape index (κ2) is 4.28. The van der Waals surface area contributed by atoms with Crippen molar-refractivity contribution in [2.45, 2.75) is 0 Å². The molecule has 2 N–H and O–H groups in total. The highest BCUT2D eigenvalue weighted by molar-refractivity contribution is 7.27. The first kappa shape index (κ1) is 11.8. The smallest absolute Gasteiger partial charge is 0.422 e. The minimum Gasteiger partial charge on any atom is -0.422 e. The molecule has 4 rings (SSSR count). The van der Waals surface area contributed by atoms with Crippen molar-refractivity contribution in [3.8, 4) is 0 Å². The molecule has 0 amide bonds. The van der Waals surface area contributed by atoms with E-state index in [1.165, 1.54) is 22.1 Å². The Morgan fingerprint density at radius 1 is 0.900 bits per heavy atom. The fraction of sp³-hybridized carbons (Fsp3) is 0. The van der Waals surface area contributed by atoms with Crippen molar-refractivity contribution in [1.29, 1.82) is 0 Å². The second-order valence-electron chi connectivity index (χ2n) is 4.75. The molecular formula is C15H10BNO2S. The fourth-order valence-electron chi connectivity index (χ4n) is 2.56. The van der Waals surface area contributed by atoms with Gasteiger partial charge in [0.1, 0.15) is 4.91 Å². The number of aromatic nitrogens is 1. The number of thiazole rings is 1. The van der Waals surface area contributed by atoms with E-state index in [4.69, 9.17) is 0 Å². The molecule has 0 unspecified atom stereocenters. The molecule has 5 heteroatoms. The lowest BCUT2D eigenvalue weighted by Crippen LogP contribution is -2.28. The van der Waals surface area contributed by atoms with E-state index in [0.29, 0.717) is 4.91 Å². The number of rotatable bonds is 1. The first-order valence-corrected chi connectivity index (χ1v) is 7.12. The Hall–Kier alpha value is -1.95. The zero-order chi connectivity index (χ0) is 13.7. The van der Waals surface area contributed by atoms with E-state index in [0.717, 1.165) is 21.0 Å². The molecule has 4 aromatic rings. The Labute approximate surface area is 119 Å². The van der Waals surface area contributed by atoms with Crippen LogP contribution in [-0.2, 0) is 0 Å². The largest absolute Gasteiger partial charge is 0.519 e. The molecule has 0 saturated heterocycles. The van der Waals surface area contributed by atoms with Gasteiger partial charge in [-0.25, -0.2) is 4.98 Å². The van der Waals surface area contributed by atoms with Gasteiger partial charge < -0.3 is 10.0 Å². The lowest BCUT2D eigenvalue weighted by Gasteiger charge is -2.03. The summed E-state index contributed by atoms with van der Waals surface area (Å²) in [6.07, 6.45) is 0. The lowest BCUT2D eigenvalue weighted by molar-refractivity contribution is 0.425. The van der Waals surface area contributed by atoms with Gasteiger partial charge in [-0.15, -0.1) is 11.3 Å². The number of fused-ring (bicyclic) bond motifs is 4. The molecule has 0 fully saturated rings. The molecule has 0 aliphatic carbocycles. The maximum atomic E-state index is 9.24. The van der Waals surface area contributed by atoms with Crippen LogP contribution in [0.15, 0.2) is 48.5 Å². The summed E-state index contributed by atoms with van der Waals surface area (Å²) in [5.74, 6) is 0. The number of nitrogens with zero attached hydrogens (tertiary/aromatic N) is 1. The van der Waals surface area contributed by atoms with Crippen LogP contribution in [-0.4, -0.2) is 22.2 Å². The Bertz CT molecular complexity index is 948. The first-order valence-electron chi connectivity index (χ1n) is 6.30. The van der Waals surface area contributed by atoms with Crippen LogP contribution in [0, 0.1) is 0 Å². The Morgan fingerprint density at radius 3 is 2.55 bits per heavy atom. The SMILES string of the molecule is OB(O)c1nc2cc3c(ccc4ccccc43)cc2s1. The van der Waals surface area contributed by atoms with Gasteiger partial charge >= 0.3 is 7.12 Å².